The third kappa shape index (κ3) is 3.52. The average Bonchev–Trinajstić information content (AvgIpc) is 2.54. The van der Waals surface area contributed by atoms with E-state index in [-0.39, 0.29) is 12.1 Å². The van der Waals surface area contributed by atoms with Gasteiger partial charge < -0.3 is 15.4 Å². The molecule has 0 aromatic heterocycles. The second-order valence-corrected chi connectivity index (χ2v) is 5.65. The summed E-state index contributed by atoms with van der Waals surface area (Å²) in [6.07, 6.45) is 0.773. The maximum absolute atomic E-state index is 12.0. The van der Waals surface area contributed by atoms with Crippen LogP contribution in [0.3, 0.4) is 0 Å². The highest BCUT2D eigenvalue weighted by molar-refractivity contribution is 6.31. The SMILES string of the molecule is O=C(NCc1ccccc1Cl)N[C@H]1COc2ccccc2C1. The van der Waals surface area contributed by atoms with Crippen LogP contribution in [0.4, 0.5) is 4.79 Å². The van der Waals surface area contributed by atoms with Crippen molar-refractivity contribution >= 4 is 17.6 Å². The molecule has 0 spiro atoms. The van der Waals surface area contributed by atoms with E-state index in [4.69, 9.17) is 16.3 Å². The second kappa shape index (κ2) is 6.71. The van der Waals surface area contributed by atoms with Crippen LogP contribution in [0.5, 0.6) is 5.75 Å². The summed E-state index contributed by atoms with van der Waals surface area (Å²) in [5.74, 6) is 0.900. The molecule has 4 nitrogen and oxygen atoms in total. The molecule has 5 heteroatoms. The highest BCUT2D eigenvalue weighted by atomic mass is 35.5. The predicted molar refractivity (Wildman–Crippen MR) is 86.3 cm³/mol. The molecule has 22 heavy (non-hydrogen) atoms. The fourth-order valence-electron chi connectivity index (χ4n) is 2.47. The standard InChI is InChI=1S/C17H17ClN2O2/c18-15-7-3-1-6-13(15)10-19-17(21)20-14-9-12-5-2-4-8-16(12)22-11-14/h1-8,14H,9-11H2,(H2,19,20,21)/t14-/m1/s1. The Hall–Kier alpha value is -2.20. The van der Waals surface area contributed by atoms with Crippen LogP contribution in [-0.4, -0.2) is 18.7 Å². The van der Waals surface area contributed by atoms with Gasteiger partial charge in [-0.15, -0.1) is 0 Å². The van der Waals surface area contributed by atoms with E-state index in [0.29, 0.717) is 18.2 Å². The third-order valence-corrected chi connectivity index (χ3v) is 3.98. The molecule has 1 aliphatic rings. The monoisotopic (exact) mass is 316 g/mol. The van der Waals surface area contributed by atoms with E-state index >= 15 is 0 Å². The number of halogens is 1. The zero-order chi connectivity index (χ0) is 15.4. The molecule has 0 bridgehead atoms. The van der Waals surface area contributed by atoms with Crippen LogP contribution in [0.15, 0.2) is 48.5 Å². The summed E-state index contributed by atoms with van der Waals surface area (Å²) in [7, 11) is 0. The van der Waals surface area contributed by atoms with Gasteiger partial charge in [0.25, 0.3) is 0 Å². The second-order valence-electron chi connectivity index (χ2n) is 5.24. The Kier molecular flexibility index (Phi) is 4.49. The first-order valence-electron chi connectivity index (χ1n) is 7.21. The lowest BCUT2D eigenvalue weighted by Gasteiger charge is -2.26. The zero-order valence-corrected chi connectivity index (χ0v) is 12.8. The number of hydrogen-bond acceptors (Lipinski definition) is 2. The number of para-hydroxylation sites is 1. The van der Waals surface area contributed by atoms with Gasteiger partial charge in [0.15, 0.2) is 0 Å². The zero-order valence-electron chi connectivity index (χ0n) is 12.0. The fraction of sp³-hybridized carbons (Fsp3) is 0.235. The van der Waals surface area contributed by atoms with Crippen molar-refractivity contribution in [3.05, 3.63) is 64.7 Å². The number of carbonyl (C=O) groups is 1. The summed E-state index contributed by atoms with van der Waals surface area (Å²) in [6, 6.07) is 15.1. The first-order chi connectivity index (χ1) is 10.7. The normalized spacial score (nSPS) is 16.3. The van der Waals surface area contributed by atoms with Crippen molar-refractivity contribution in [1.82, 2.24) is 10.6 Å². The molecule has 2 aromatic carbocycles. The molecule has 0 aliphatic carbocycles. The summed E-state index contributed by atoms with van der Waals surface area (Å²) >= 11 is 6.06. The van der Waals surface area contributed by atoms with E-state index in [2.05, 4.69) is 10.6 Å². The number of hydrogen-bond donors (Lipinski definition) is 2. The molecule has 3 rings (SSSR count). The first-order valence-corrected chi connectivity index (χ1v) is 7.58. The van der Waals surface area contributed by atoms with Crippen molar-refractivity contribution in [1.29, 1.82) is 0 Å². The number of carbonyl (C=O) groups excluding carboxylic acids is 1. The lowest BCUT2D eigenvalue weighted by atomic mass is 10.0. The van der Waals surface area contributed by atoms with Gasteiger partial charge in [0.05, 0.1) is 6.04 Å². The molecule has 2 N–H and O–H groups in total. The Labute approximate surface area is 134 Å². The van der Waals surface area contributed by atoms with E-state index in [1.54, 1.807) is 0 Å². The van der Waals surface area contributed by atoms with E-state index < -0.39 is 0 Å². The lowest BCUT2D eigenvalue weighted by molar-refractivity contribution is 0.214. The Balaban J connectivity index is 1.52. The number of fused-ring (bicyclic) bond motifs is 1. The molecule has 1 aliphatic heterocycles. The molecule has 2 aromatic rings. The van der Waals surface area contributed by atoms with Crippen molar-refractivity contribution in [2.75, 3.05) is 6.61 Å². The van der Waals surface area contributed by atoms with Crippen LogP contribution in [-0.2, 0) is 13.0 Å². The number of rotatable bonds is 3. The van der Waals surface area contributed by atoms with E-state index in [9.17, 15) is 4.79 Å². The van der Waals surface area contributed by atoms with Crippen LogP contribution in [0.2, 0.25) is 5.02 Å². The number of benzene rings is 2. The number of amides is 2. The molecule has 0 saturated heterocycles. The Morgan fingerprint density at radius 2 is 1.95 bits per heavy atom. The summed E-state index contributed by atoms with van der Waals surface area (Å²) < 4.78 is 5.66. The van der Waals surface area contributed by atoms with E-state index in [1.165, 1.54) is 0 Å². The maximum Gasteiger partial charge on any atom is 0.315 e. The molecule has 2 amide bonds. The van der Waals surface area contributed by atoms with Crippen molar-refractivity contribution in [2.24, 2.45) is 0 Å². The van der Waals surface area contributed by atoms with Gasteiger partial charge >= 0.3 is 6.03 Å². The van der Waals surface area contributed by atoms with Crippen molar-refractivity contribution in [2.45, 2.75) is 19.0 Å². The minimum absolute atomic E-state index is 0.0267. The third-order valence-electron chi connectivity index (χ3n) is 3.61. The van der Waals surface area contributed by atoms with Crippen LogP contribution < -0.4 is 15.4 Å². The molecular weight excluding hydrogens is 300 g/mol. The summed E-state index contributed by atoms with van der Waals surface area (Å²) in [6.45, 7) is 0.881. The first kappa shape index (κ1) is 14.7. The molecular formula is C17H17ClN2O2. The van der Waals surface area contributed by atoms with Crippen molar-refractivity contribution in [3.63, 3.8) is 0 Å². The highest BCUT2D eigenvalue weighted by Crippen LogP contribution is 2.23. The Bertz CT molecular complexity index is 675. The maximum atomic E-state index is 12.0. The van der Waals surface area contributed by atoms with Gasteiger partial charge in [-0.2, -0.15) is 0 Å². The molecule has 1 heterocycles. The topological polar surface area (TPSA) is 50.4 Å². The molecule has 0 radical (unpaired) electrons. The largest absolute Gasteiger partial charge is 0.491 e. The smallest absolute Gasteiger partial charge is 0.315 e. The Morgan fingerprint density at radius 1 is 1.18 bits per heavy atom. The quantitative estimate of drug-likeness (QED) is 0.914. The predicted octanol–water partition coefficient (Wildman–Crippen LogP) is 3.14. The fourth-order valence-corrected chi connectivity index (χ4v) is 2.68. The van der Waals surface area contributed by atoms with Gasteiger partial charge in [-0.25, -0.2) is 4.79 Å². The van der Waals surface area contributed by atoms with Gasteiger partial charge in [0, 0.05) is 11.6 Å². The number of nitrogens with one attached hydrogen (secondary N) is 2. The molecule has 0 unspecified atom stereocenters. The van der Waals surface area contributed by atoms with Gasteiger partial charge in [0.2, 0.25) is 0 Å². The van der Waals surface area contributed by atoms with Crippen molar-refractivity contribution < 1.29 is 9.53 Å². The molecule has 0 fully saturated rings. The number of ether oxygens (including phenoxy) is 1. The number of urea groups is 1. The summed E-state index contributed by atoms with van der Waals surface area (Å²) in [5, 5.41) is 6.40. The van der Waals surface area contributed by atoms with Gasteiger partial charge in [-0.1, -0.05) is 48.0 Å². The van der Waals surface area contributed by atoms with E-state index in [0.717, 1.165) is 23.3 Å². The molecule has 1 atom stereocenters. The minimum Gasteiger partial charge on any atom is -0.491 e. The summed E-state index contributed by atoms with van der Waals surface area (Å²) in [5.41, 5.74) is 2.01. The van der Waals surface area contributed by atoms with Gasteiger partial charge in [0.1, 0.15) is 12.4 Å². The van der Waals surface area contributed by atoms with Gasteiger partial charge in [-0.3, -0.25) is 0 Å². The lowest BCUT2D eigenvalue weighted by Crippen LogP contribution is -2.47. The van der Waals surface area contributed by atoms with Crippen molar-refractivity contribution in [3.8, 4) is 5.75 Å². The molecule has 114 valence electrons. The van der Waals surface area contributed by atoms with Gasteiger partial charge in [-0.05, 0) is 29.7 Å². The molecule has 0 saturated carbocycles. The average molecular weight is 317 g/mol. The summed E-state index contributed by atoms with van der Waals surface area (Å²) in [4.78, 5) is 12.0. The van der Waals surface area contributed by atoms with Crippen LogP contribution in [0, 0.1) is 0 Å². The van der Waals surface area contributed by atoms with Crippen LogP contribution >= 0.6 is 11.6 Å². The Morgan fingerprint density at radius 3 is 2.82 bits per heavy atom. The van der Waals surface area contributed by atoms with Crippen LogP contribution in [0.1, 0.15) is 11.1 Å². The van der Waals surface area contributed by atoms with E-state index in [1.807, 2.05) is 48.5 Å². The minimum atomic E-state index is -0.215. The highest BCUT2D eigenvalue weighted by Gasteiger charge is 2.20. The van der Waals surface area contributed by atoms with Crippen LogP contribution in [0.25, 0.3) is 0 Å².